The minimum Gasteiger partial charge on any atom is -0.486 e. The van der Waals surface area contributed by atoms with Gasteiger partial charge < -0.3 is 14.4 Å². The molecule has 0 N–H and O–H groups in total. The van der Waals surface area contributed by atoms with Crippen molar-refractivity contribution in [2.45, 2.75) is 13.1 Å². The van der Waals surface area contributed by atoms with Crippen LogP contribution in [0.1, 0.15) is 21.6 Å². The van der Waals surface area contributed by atoms with E-state index >= 15 is 0 Å². The molecule has 5 nitrogen and oxygen atoms in total. The van der Waals surface area contributed by atoms with E-state index in [1.54, 1.807) is 41.4 Å². The third kappa shape index (κ3) is 4.47. The predicted molar refractivity (Wildman–Crippen MR) is 112 cm³/mol. The van der Waals surface area contributed by atoms with E-state index in [9.17, 15) is 4.79 Å². The van der Waals surface area contributed by atoms with Crippen molar-refractivity contribution in [2.75, 3.05) is 13.2 Å². The molecule has 0 fully saturated rings. The molecule has 1 aliphatic heterocycles. The summed E-state index contributed by atoms with van der Waals surface area (Å²) in [5, 5.41) is 0.920. The molecule has 0 unspecified atom stereocenters. The van der Waals surface area contributed by atoms with Gasteiger partial charge in [-0.2, -0.15) is 0 Å². The summed E-state index contributed by atoms with van der Waals surface area (Å²) < 4.78 is 11.4. The van der Waals surface area contributed by atoms with Crippen molar-refractivity contribution in [3.8, 4) is 11.5 Å². The number of amides is 1. The highest BCUT2D eigenvalue weighted by Gasteiger charge is 2.25. The zero-order valence-electron chi connectivity index (χ0n) is 15.5. The second kappa shape index (κ2) is 8.72. The SMILES string of the molecule is O=C(c1cccc2c1OCCO2)N(Cc1ccc(Cl)c(Cl)c1)Cc1ccccn1. The Kier molecular flexibility index (Phi) is 5.88. The van der Waals surface area contributed by atoms with Crippen LogP contribution in [0.3, 0.4) is 0 Å². The number of para-hydroxylation sites is 1. The molecule has 0 saturated carbocycles. The number of fused-ring (bicyclic) bond motifs is 1. The van der Waals surface area contributed by atoms with E-state index < -0.39 is 0 Å². The number of hydrogen-bond donors (Lipinski definition) is 0. The van der Waals surface area contributed by atoms with Crippen molar-refractivity contribution in [2.24, 2.45) is 0 Å². The molecular weight excluding hydrogens is 411 g/mol. The zero-order chi connectivity index (χ0) is 20.2. The van der Waals surface area contributed by atoms with Gasteiger partial charge in [-0.05, 0) is 42.0 Å². The van der Waals surface area contributed by atoms with Crippen molar-refractivity contribution in [1.82, 2.24) is 9.88 Å². The average Bonchev–Trinajstić information content (AvgIpc) is 2.75. The average molecular weight is 429 g/mol. The van der Waals surface area contributed by atoms with Gasteiger partial charge in [-0.1, -0.05) is 41.4 Å². The van der Waals surface area contributed by atoms with Gasteiger partial charge in [0, 0.05) is 12.7 Å². The van der Waals surface area contributed by atoms with E-state index in [1.165, 1.54) is 0 Å². The number of aromatic nitrogens is 1. The molecule has 148 valence electrons. The predicted octanol–water partition coefficient (Wildman–Crippen LogP) is 5.00. The van der Waals surface area contributed by atoms with Gasteiger partial charge in [-0.3, -0.25) is 9.78 Å². The van der Waals surface area contributed by atoms with Crippen LogP contribution in [0.25, 0.3) is 0 Å². The third-order valence-corrected chi connectivity index (χ3v) is 5.26. The molecule has 4 rings (SSSR count). The Labute approximate surface area is 178 Å². The van der Waals surface area contributed by atoms with E-state index in [-0.39, 0.29) is 5.91 Å². The van der Waals surface area contributed by atoms with E-state index in [0.29, 0.717) is 53.4 Å². The number of rotatable bonds is 5. The fraction of sp³-hybridized carbons (Fsp3) is 0.182. The lowest BCUT2D eigenvalue weighted by Gasteiger charge is -2.26. The first-order chi connectivity index (χ1) is 14.1. The molecule has 7 heteroatoms. The first kappa shape index (κ1) is 19.6. The highest BCUT2D eigenvalue weighted by Crippen LogP contribution is 2.35. The van der Waals surface area contributed by atoms with Gasteiger partial charge >= 0.3 is 0 Å². The molecule has 1 aliphatic rings. The van der Waals surface area contributed by atoms with Crippen LogP contribution in [-0.2, 0) is 13.1 Å². The summed E-state index contributed by atoms with van der Waals surface area (Å²) in [5.74, 6) is 0.877. The minimum absolute atomic E-state index is 0.177. The van der Waals surface area contributed by atoms with Crippen LogP contribution in [0.2, 0.25) is 10.0 Å². The molecule has 0 saturated heterocycles. The number of benzene rings is 2. The van der Waals surface area contributed by atoms with Crippen LogP contribution in [-0.4, -0.2) is 29.0 Å². The Balaban J connectivity index is 1.67. The Morgan fingerprint density at radius 3 is 2.62 bits per heavy atom. The van der Waals surface area contributed by atoms with Crippen LogP contribution < -0.4 is 9.47 Å². The van der Waals surface area contributed by atoms with Crippen LogP contribution in [0.15, 0.2) is 60.8 Å². The molecule has 1 aromatic heterocycles. The van der Waals surface area contributed by atoms with Crippen LogP contribution in [0.5, 0.6) is 11.5 Å². The van der Waals surface area contributed by atoms with Gasteiger partial charge in [-0.25, -0.2) is 0 Å². The summed E-state index contributed by atoms with van der Waals surface area (Å²) in [6, 6.07) is 16.3. The van der Waals surface area contributed by atoms with Gasteiger partial charge in [0.25, 0.3) is 5.91 Å². The summed E-state index contributed by atoms with van der Waals surface area (Å²) in [7, 11) is 0. The van der Waals surface area contributed by atoms with Gasteiger partial charge in [0.2, 0.25) is 0 Å². The Morgan fingerprint density at radius 1 is 0.966 bits per heavy atom. The Hall–Kier alpha value is -2.76. The lowest BCUT2D eigenvalue weighted by atomic mass is 10.1. The molecule has 2 aromatic carbocycles. The largest absolute Gasteiger partial charge is 0.486 e. The number of ether oxygens (including phenoxy) is 2. The molecule has 3 aromatic rings. The van der Waals surface area contributed by atoms with Gasteiger partial charge in [0.1, 0.15) is 13.2 Å². The Morgan fingerprint density at radius 2 is 1.83 bits per heavy atom. The fourth-order valence-electron chi connectivity index (χ4n) is 3.16. The van der Waals surface area contributed by atoms with Crippen molar-refractivity contribution in [3.05, 3.63) is 87.7 Å². The number of carbonyl (C=O) groups excluding carboxylic acids is 1. The van der Waals surface area contributed by atoms with Crippen LogP contribution in [0, 0.1) is 0 Å². The molecule has 29 heavy (non-hydrogen) atoms. The summed E-state index contributed by atoms with van der Waals surface area (Å²) >= 11 is 12.2. The van der Waals surface area contributed by atoms with Crippen molar-refractivity contribution in [1.29, 1.82) is 0 Å². The fourth-order valence-corrected chi connectivity index (χ4v) is 3.48. The monoisotopic (exact) mass is 428 g/mol. The van der Waals surface area contributed by atoms with Crippen molar-refractivity contribution in [3.63, 3.8) is 0 Å². The zero-order valence-corrected chi connectivity index (χ0v) is 17.0. The highest BCUT2D eigenvalue weighted by molar-refractivity contribution is 6.42. The maximum absolute atomic E-state index is 13.5. The molecule has 0 bridgehead atoms. The smallest absolute Gasteiger partial charge is 0.258 e. The van der Waals surface area contributed by atoms with Crippen LogP contribution >= 0.6 is 23.2 Å². The van der Waals surface area contributed by atoms with Gasteiger partial charge in [0.15, 0.2) is 11.5 Å². The third-order valence-electron chi connectivity index (χ3n) is 4.52. The molecule has 1 amide bonds. The number of hydrogen-bond acceptors (Lipinski definition) is 4. The van der Waals surface area contributed by atoms with E-state index in [4.69, 9.17) is 32.7 Å². The first-order valence-corrected chi connectivity index (χ1v) is 9.89. The molecule has 0 radical (unpaired) electrons. The van der Waals surface area contributed by atoms with Crippen molar-refractivity contribution < 1.29 is 14.3 Å². The molecule has 0 aliphatic carbocycles. The quantitative estimate of drug-likeness (QED) is 0.573. The van der Waals surface area contributed by atoms with E-state index in [0.717, 1.165) is 11.3 Å². The van der Waals surface area contributed by atoms with Crippen LogP contribution in [0.4, 0.5) is 0 Å². The molecule has 0 spiro atoms. The molecule has 0 atom stereocenters. The maximum atomic E-state index is 13.5. The highest BCUT2D eigenvalue weighted by atomic mass is 35.5. The minimum atomic E-state index is -0.177. The maximum Gasteiger partial charge on any atom is 0.258 e. The lowest BCUT2D eigenvalue weighted by molar-refractivity contribution is 0.0717. The summed E-state index contributed by atoms with van der Waals surface area (Å²) in [6.07, 6.45) is 1.71. The van der Waals surface area contributed by atoms with Crippen molar-refractivity contribution >= 4 is 29.1 Å². The molecular formula is C22H18Cl2N2O3. The molecule has 2 heterocycles. The van der Waals surface area contributed by atoms with Gasteiger partial charge in [0.05, 0.1) is 27.8 Å². The topological polar surface area (TPSA) is 51.7 Å². The Bertz CT molecular complexity index is 1030. The number of pyridine rings is 1. The summed E-state index contributed by atoms with van der Waals surface area (Å²) in [6.45, 7) is 1.55. The lowest BCUT2D eigenvalue weighted by Crippen LogP contribution is -2.31. The second-order valence-corrected chi connectivity index (χ2v) is 7.37. The number of halogens is 2. The number of nitrogens with zero attached hydrogens (tertiary/aromatic N) is 2. The second-order valence-electron chi connectivity index (χ2n) is 6.56. The standard InChI is InChI=1S/C22H18Cl2N2O3/c23-18-8-7-15(12-19(18)24)13-26(14-16-4-1-2-9-25-16)22(27)17-5-3-6-20-21(17)29-11-10-28-20/h1-9,12H,10-11,13-14H2. The number of carbonyl (C=O) groups is 1. The van der Waals surface area contributed by atoms with Gasteiger partial charge in [-0.15, -0.1) is 0 Å². The van der Waals surface area contributed by atoms with E-state index in [1.807, 2.05) is 24.3 Å². The normalized spacial score (nSPS) is 12.5. The van der Waals surface area contributed by atoms with E-state index in [2.05, 4.69) is 4.98 Å². The summed E-state index contributed by atoms with van der Waals surface area (Å²) in [4.78, 5) is 19.5. The summed E-state index contributed by atoms with van der Waals surface area (Å²) in [5.41, 5.74) is 2.10. The first-order valence-electron chi connectivity index (χ1n) is 9.13.